The lowest BCUT2D eigenvalue weighted by Gasteiger charge is -2.19. The molecule has 5 heteroatoms. The molecule has 0 aliphatic rings. The second kappa shape index (κ2) is 6.89. The van der Waals surface area contributed by atoms with E-state index in [-0.39, 0.29) is 18.0 Å². The van der Waals surface area contributed by atoms with E-state index in [1.165, 1.54) is 12.1 Å². The Hall–Kier alpha value is -1.62. The summed E-state index contributed by atoms with van der Waals surface area (Å²) in [6, 6.07) is 11.5. The number of hydrazine groups is 1. The largest absolute Gasteiger partial charge is 0.491 e. The molecule has 0 radical (unpaired) electrons. The molecule has 0 aliphatic heterocycles. The molecule has 21 heavy (non-hydrogen) atoms. The molecule has 0 fully saturated rings. The van der Waals surface area contributed by atoms with Gasteiger partial charge in [0.25, 0.3) is 0 Å². The van der Waals surface area contributed by atoms with Gasteiger partial charge in [0.1, 0.15) is 11.6 Å². The average molecular weight is 309 g/mol. The molecule has 3 nitrogen and oxygen atoms in total. The molecule has 2 aromatic carbocycles. The summed E-state index contributed by atoms with van der Waals surface area (Å²) in [4.78, 5) is 0. The smallest absolute Gasteiger partial charge is 0.124 e. The van der Waals surface area contributed by atoms with E-state index in [4.69, 9.17) is 22.2 Å². The van der Waals surface area contributed by atoms with Crippen molar-refractivity contribution in [2.45, 2.75) is 26.0 Å². The summed E-state index contributed by atoms with van der Waals surface area (Å²) in [5.74, 6) is 6.02. The number of ether oxygens (including phenoxy) is 1. The van der Waals surface area contributed by atoms with E-state index in [2.05, 4.69) is 5.43 Å². The monoisotopic (exact) mass is 308 g/mol. The molecule has 2 rings (SSSR count). The van der Waals surface area contributed by atoms with Gasteiger partial charge in [0.15, 0.2) is 0 Å². The SMILES string of the molecule is CC(C)Oc1cccc(C(NN)c2ccc(F)cc2Cl)c1. The highest BCUT2D eigenvalue weighted by Crippen LogP contribution is 2.30. The van der Waals surface area contributed by atoms with Crippen LogP contribution >= 0.6 is 11.6 Å². The third-order valence-corrected chi connectivity index (χ3v) is 3.33. The number of hydrogen-bond donors (Lipinski definition) is 2. The van der Waals surface area contributed by atoms with Crippen LogP contribution in [0, 0.1) is 5.82 Å². The van der Waals surface area contributed by atoms with Crippen molar-refractivity contribution in [3.05, 3.63) is 64.4 Å². The Kier molecular flexibility index (Phi) is 5.17. The summed E-state index contributed by atoms with van der Waals surface area (Å²) in [6.45, 7) is 3.92. The predicted octanol–water partition coefficient (Wildman–Crippen LogP) is 3.82. The zero-order valence-corrected chi connectivity index (χ0v) is 12.7. The number of nitrogens with one attached hydrogen (secondary N) is 1. The van der Waals surface area contributed by atoms with Crippen LogP contribution in [0.2, 0.25) is 5.02 Å². The van der Waals surface area contributed by atoms with Crippen LogP contribution in [-0.4, -0.2) is 6.10 Å². The Morgan fingerprint density at radius 3 is 2.57 bits per heavy atom. The maximum absolute atomic E-state index is 13.2. The lowest BCUT2D eigenvalue weighted by molar-refractivity contribution is 0.242. The van der Waals surface area contributed by atoms with E-state index in [9.17, 15) is 4.39 Å². The first kappa shape index (κ1) is 15.8. The third-order valence-electron chi connectivity index (χ3n) is 3.00. The Bertz CT molecular complexity index is 619. The van der Waals surface area contributed by atoms with E-state index in [0.29, 0.717) is 10.6 Å². The number of hydrogen-bond acceptors (Lipinski definition) is 3. The molecule has 3 N–H and O–H groups in total. The molecule has 0 bridgehead atoms. The first-order chi connectivity index (χ1) is 10.0. The highest BCUT2D eigenvalue weighted by Gasteiger charge is 2.17. The van der Waals surface area contributed by atoms with Gasteiger partial charge in [0, 0.05) is 5.02 Å². The van der Waals surface area contributed by atoms with Crippen molar-refractivity contribution in [1.29, 1.82) is 0 Å². The van der Waals surface area contributed by atoms with E-state index in [1.807, 2.05) is 38.1 Å². The van der Waals surface area contributed by atoms with Gasteiger partial charge in [0.05, 0.1) is 12.1 Å². The van der Waals surface area contributed by atoms with Gasteiger partial charge < -0.3 is 4.74 Å². The number of halogens is 2. The fourth-order valence-corrected chi connectivity index (χ4v) is 2.42. The van der Waals surface area contributed by atoms with Gasteiger partial charge >= 0.3 is 0 Å². The second-order valence-electron chi connectivity index (χ2n) is 5.00. The van der Waals surface area contributed by atoms with Crippen LogP contribution in [0.5, 0.6) is 5.75 Å². The summed E-state index contributed by atoms with van der Waals surface area (Å²) >= 11 is 6.11. The average Bonchev–Trinajstić information content (AvgIpc) is 2.41. The Morgan fingerprint density at radius 2 is 1.95 bits per heavy atom. The van der Waals surface area contributed by atoms with E-state index in [0.717, 1.165) is 11.3 Å². The molecule has 2 aromatic rings. The van der Waals surface area contributed by atoms with Crippen LogP contribution in [0.1, 0.15) is 31.0 Å². The van der Waals surface area contributed by atoms with Crippen LogP contribution in [0.25, 0.3) is 0 Å². The van der Waals surface area contributed by atoms with Crippen molar-refractivity contribution in [3.8, 4) is 5.75 Å². The highest BCUT2D eigenvalue weighted by atomic mass is 35.5. The van der Waals surface area contributed by atoms with Gasteiger partial charge in [-0.3, -0.25) is 5.84 Å². The first-order valence-electron chi connectivity index (χ1n) is 6.69. The maximum atomic E-state index is 13.2. The van der Waals surface area contributed by atoms with E-state index < -0.39 is 0 Å². The molecule has 0 spiro atoms. The molecule has 1 unspecified atom stereocenters. The van der Waals surface area contributed by atoms with Gasteiger partial charge in [-0.1, -0.05) is 29.8 Å². The number of rotatable bonds is 5. The maximum Gasteiger partial charge on any atom is 0.124 e. The highest BCUT2D eigenvalue weighted by molar-refractivity contribution is 6.31. The Labute approximate surface area is 128 Å². The van der Waals surface area contributed by atoms with E-state index >= 15 is 0 Å². The topological polar surface area (TPSA) is 47.3 Å². The van der Waals surface area contributed by atoms with Gasteiger partial charge in [0.2, 0.25) is 0 Å². The molecular weight excluding hydrogens is 291 g/mol. The zero-order chi connectivity index (χ0) is 15.4. The summed E-state index contributed by atoms with van der Waals surface area (Å²) in [5.41, 5.74) is 4.32. The fourth-order valence-electron chi connectivity index (χ4n) is 2.14. The number of benzene rings is 2. The minimum absolute atomic E-state index is 0.0824. The molecular formula is C16H18ClFN2O. The van der Waals surface area contributed by atoms with Crippen molar-refractivity contribution >= 4 is 11.6 Å². The normalized spacial score (nSPS) is 12.5. The van der Waals surface area contributed by atoms with Crippen LogP contribution in [-0.2, 0) is 0 Å². The molecule has 0 saturated heterocycles. The van der Waals surface area contributed by atoms with Gasteiger partial charge in [-0.05, 0) is 49.2 Å². The van der Waals surface area contributed by atoms with Crippen molar-refractivity contribution in [2.24, 2.45) is 5.84 Å². The molecule has 0 aliphatic carbocycles. The summed E-state index contributed by atoms with van der Waals surface area (Å²) < 4.78 is 18.8. The van der Waals surface area contributed by atoms with Crippen molar-refractivity contribution in [3.63, 3.8) is 0 Å². The Balaban J connectivity index is 2.37. The van der Waals surface area contributed by atoms with Crippen LogP contribution in [0.15, 0.2) is 42.5 Å². The van der Waals surface area contributed by atoms with Crippen LogP contribution in [0.4, 0.5) is 4.39 Å². The summed E-state index contributed by atoms with van der Waals surface area (Å²) in [5, 5.41) is 0.327. The van der Waals surface area contributed by atoms with Gasteiger partial charge in [-0.2, -0.15) is 0 Å². The molecule has 1 atom stereocenters. The van der Waals surface area contributed by atoms with Gasteiger partial charge in [-0.15, -0.1) is 0 Å². The number of nitrogens with two attached hydrogens (primary N) is 1. The van der Waals surface area contributed by atoms with Crippen molar-refractivity contribution in [2.75, 3.05) is 0 Å². The zero-order valence-electron chi connectivity index (χ0n) is 11.9. The molecule has 0 amide bonds. The first-order valence-corrected chi connectivity index (χ1v) is 7.06. The quantitative estimate of drug-likeness (QED) is 0.652. The molecule has 0 saturated carbocycles. The summed E-state index contributed by atoms with van der Waals surface area (Å²) in [6.07, 6.45) is 0.0824. The van der Waals surface area contributed by atoms with Crippen molar-refractivity contribution < 1.29 is 9.13 Å². The fraction of sp³-hybridized carbons (Fsp3) is 0.250. The second-order valence-corrected chi connectivity index (χ2v) is 5.41. The van der Waals surface area contributed by atoms with Gasteiger partial charge in [-0.25, -0.2) is 9.82 Å². The molecule has 0 aromatic heterocycles. The Morgan fingerprint density at radius 1 is 1.19 bits per heavy atom. The lowest BCUT2D eigenvalue weighted by atomic mass is 9.99. The third kappa shape index (κ3) is 3.94. The minimum atomic E-state index is -0.378. The molecule has 112 valence electrons. The van der Waals surface area contributed by atoms with Crippen molar-refractivity contribution in [1.82, 2.24) is 5.43 Å². The van der Waals surface area contributed by atoms with Crippen LogP contribution in [0.3, 0.4) is 0 Å². The molecule has 0 heterocycles. The summed E-state index contributed by atoms with van der Waals surface area (Å²) in [7, 11) is 0. The standard InChI is InChI=1S/C16H18ClFN2O/c1-10(2)21-13-5-3-4-11(8-13)16(20-19)14-7-6-12(18)9-15(14)17/h3-10,16,20H,19H2,1-2H3. The minimum Gasteiger partial charge on any atom is -0.491 e. The lowest BCUT2D eigenvalue weighted by Crippen LogP contribution is -2.29. The van der Waals surface area contributed by atoms with E-state index in [1.54, 1.807) is 6.07 Å². The van der Waals surface area contributed by atoms with Crippen LogP contribution < -0.4 is 16.0 Å². The predicted molar refractivity (Wildman–Crippen MR) is 82.8 cm³/mol.